The molecule has 0 radical (unpaired) electrons. The smallest absolute Gasteiger partial charge is 0.402 e. The normalized spacial score (nSPS) is 12.5. The van der Waals surface area contributed by atoms with E-state index < -0.39 is 24.2 Å². The summed E-state index contributed by atoms with van der Waals surface area (Å²) in [5, 5.41) is 0.586. The van der Waals surface area contributed by atoms with Crippen LogP contribution in [0.5, 0.6) is 11.5 Å². The monoisotopic (exact) mass is 296 g/mol. The van der Waals surface area contributed by atoms with E-state index in [4.69, 9.17) is 0 Å². The third-order valence-electron chi connectivity index (χ3n) is 2.26. The molecule has 0 fully saturated rings. The first-order chi connectivity index (χ1) is 9.14. The van der Waals surface area contributed by atoms with Crippen molar-refractivity contribution in [2.75, 3.05) is 0 Å². The summed E-state index contributed by atoms with van der Waals surface area (Å²) in [6.45, 7) is 0. The highest BCUT2D eigenvalue weighted by atomic mass is 19.4. The number of hydrogen-bond donors (Lipinski definition) is 0. The van der Waals surface area contributed by atoms with Crippen LogP contribution in [-0.2, 0) is 0 Å². The SMILES string of the molecule is FC(F)(F)Oc1cc2ccccc2cc1OC(F)(F)F. The third kappa shape index (κ3) is 3.69. The van der Waals surface area contributed by atoms with Gasteiger partial charge in [-0.3, -0.25) is 0 Å². The Morgan fingerprint density at radius 1 is 0.650 bits per heavy atom. The van der Waals surface area contributed by atoms with E-state index in [0.717, 1.165) is 12.1 Å². The largest absolute Gasteiger partial charge is 0.573 e. The molecule has 0 N–H and O–H groups in total. The van der Waals surface area contributed by atoms with Gasteiger partial charge < -0.3 is 9.47 Å². The van der Waals surface area contributed by atoms with E-state index in [1.165, 1.54) is 24.3 Å². The molecule has 0 spiro atoms. The molecule has 0 heterocycles. The highest BCUT2D eigenvalue weighted by Gasteiger charge is 2.36. The third-order valence-corrected chi connectivity index (χ3v) is 2.26. The van der Waals surface area contributed by atoms with E-state index in [9.17, 15) is 26.3 Å². The molecule has 0 saturated heterocycles. The summed E-state index contributed by atoms with van der Waals surface area (Å²) in [4.78, 5) is 0. The molecule has 0 bridgehead atoms. The first kappa shape index (κ1) is 14.3. The van der Waals surface area contributed by atoms with Crippen molar-refractivity contribution in [3.05, 3.63) is 36.4 Å². The van der Waals surface area contributed by atoms with Gasteiger partial charge in [0, 0.05) is 0 Å². The average Bonchev–Trinajstić information content (AvgIpc) is 2.26. The molecule has 8 heteroatoms. The van der Waals surface area contributed by atoms with Crippen LogP contribution in [0.15, 0.2) is 36.4 Å². The van der Waals surface area contributed by atoms with Crippen molar-refractivity contribution in [3.8, 4) is 11.5 Å². The van der Waals surface area contributed by atoms with Crippen LogP contribution in [0.1, 0.15) is 0 Å². The zero-order chi connectivity index (χ0) is 15.0. The van der Waals surface area contributed by atoms with Gasteiger partial charge in [-0.15, -0.1) is 26.3 Å². The molecule has 2 aromatic carbocycles. The molecular weight excluding hydrogens is 290 g/mol. The van der Waals surface area contributed by atoms with Crippen molar-refractivity contribution < 1.29 is 35.8 Å². The van der Waals surface area contributed by atoms with Crippen LogP contribution in [0, 0.1) is 0 Å². The van der Waals surface area contributed by atoms with Crippen molar-refractivity contribution in [1.82, 2.24) is 0 Å². The topological polar surface area (TPSA) is 18.5 Å². The van der Waals surface area contributed by atoms with Crippen LogP contribution in [0.25, 0.3) is 10.8 Å². The van der Waals surface area contributed by atoms with Crippen LogP contribution in [-0.4, -0.2) is 12.7 Å². The molecule has 0 aliphatic rings. The Hall–Kier alpha value is -2.12. The van der Waals surface area contributed by atoms with Crippen molar-refractivity contribution in [2.24, 2.45) is 0 Å². The number of hydrogen-bond acceptors (Lipinski definition) is 2. The van der Waals surface area contributed by atoms with Gasteiger partial charge in [-0.2, -0.15) is 0 Å². The van der Waals surface area contributed by atoms with Crippen molar-refractivity contribution in [3.63, 3.8) is 0 Å². The molecule has 0 aliphatic carbocycles. The molecular formula is C12H6F6O2. The minimum atomic E-state index is -5.12. The van der Waals surface area contributed by atoms with Gasteiger partial charge in [0.25, 0.3) is 0 Å². The van der Waals surface area contributed by atoms with Gasteiger partial charge in [0.1, 0.15) is 0 Å². The van der Waals surface area contributed by atoms with E-state index in [-0.39, 0.29) is 0 Å². The van der Waals surface area contributed by atoms with Crippen LogP contribution >= 0.6 is 0 Å². The fraction of sp³-hybridized carbons (Fsp3) is 0.167. The van der Waals surface area contributed by atoms with Crippen molar-refractivity contribution in [2.45, 2.75) is 12.7 Å². The fourth-order valence-corrected chi connectivity index (χ4v) is 1.61. The predicted octanol–water partition coefficient (Wildman–Crippen LogP) is 4.64. The Labute approximate surface area is 108 Å². The molecule has 0 unspecified atom stereocenters. The van der Waals surface area contributed by atoms with Gasteiger partial charge in [-0.25, -0.2) is 0 Å². The van der Waals surface area contributed by atoms with Gasteiger partial charge in [-0.05, 0) is 22.9 Å². The number of alkyl halides is 6. The number of fused-ring (bicyclic) bond motifs is 1. The number of ether oxygens (including phenoxy) is 2. The van der Waals surface area contributed by atoms with Gasteiger partial charge in [0.15, 0.2) is 11.5 Å². The van der Waals surface area contributed by atoms with Gasteiger partial charge in [0.05, 0.1) is 0 Å². The zero-order valence-electron chi connectivity index (χ0n) is 9.55. The van der Waals surface area contributed by atoms with Gasteiger partial charge >= 0.3 is 12.7 Å². The van der Waals surface area contributed by atoms with E-state index in [1.807, 2.05) is 0 Å². The summed E-state index contributed by atoms with van der Waals surface area (Å²) in [5.74, 6) is -2.10. The first-order valence-corrected chi connectivity index (χ1v) is 5.18. The second kappa shape index (κ2) is 4.77. The standard InChI is InChI=1S/C12H6F6O2/c13-11(14,15)19-9-5-7-3-1-2-4-8(7)6-10(9)20-12(16,17)18/h1-6H. The molecule has 0 aliphatic heterocycles. The van der Waals surface area contributed by atoms with Crippen LogP contribution < -0.4 is 9.47 Å². The second-order valence-electron chi connectivity index (χ2n) is 3.74. The molecule has 2 nitrogen and oxygen atoms in total. The Kier molecular flexibility index (Phi) is 3.41. The van der Waals surface area contributed by atoms with E-state index in [0.29, 0.717) is 10.8 Å². The molecule has 0 aromatic heterocycles. The highest BCUT2D eigenvalue weighted by molar-refractivity contribution is 5.86. The fourth-order valence-electron chi connectivity index (χ4n) is 1.61. The molecule has 0 amide bonds. The van der Waals surface area contributed by atoms with Gasteiger partial charge in [-0.1, -0.05) is 24.3 Å². The van der Waals surface area contributed by atoms with Crippen molar-refractivity contribution in [1.29, 1.82) is 0 Å². The van der Waals surface area contributed by atoms with E-state index in [1.54, 1.807) is 0 Å². The van der Waals surface area contributed by atoms with Gasteiger partial charge in [0.2, 0.25) is 0 Å². The number of rotatable bonds is 2. The maximum atomic E-state index is 12.2. The number of halogens is 6. The number of benzene rings is 2. The van der Waals surface area contributed by atoms with E-state index in [2.05, 4.69) is 9.47 Å². The molecule has 108 valence electrons. The maximum Gasteiger partial charge on any atom is 0.573 e. The van der Waals surface area contributed by atoms with E-state index >= 15 is 0 Å². The minimum absolute atomic E-state index is 0.293. The summed E-state index contributed by atoms with van der Waals surface area (Å²) in [6.07, 6.45) is -10.2. The summed E-state index contributed by atoms with van der Waals surface area (Å²) >= 11 is 0. The summed E-state index contributed by atoms with van der Waals surface area (Å²) in [5.41, 5.74) is 0. The quantitative estimate of drug-likeness (QED) is 0.752. The van der Waals surface area contributed by atoms with Crippen LogP contribution in [0.2, 0.25) is 0 Å². The zero-order valence-corrected chi connectivity index (χ0v) is 9.55. The van der Waals surface area contributed by atoms with Crippen LogP contribution in [0.3, 0.4) is 0 Å². The van der Waals surface area contributed by atoms with Crippen molar-refractivity contribution >= 4 is 10.8 Å². The molecule has 2 aromatic rings. The first-order valence-electron chi connectivity index (χ1n) is 5.18. The minimum Gasteiger partial charge on any atom is -0.402 e. The lowest BCUT2D eigenvalue weighted by Crippen LogP contribution is -2.21. The maximum absolute atomic E-state index is 12.2. The Morgan fingerprint density at radius 2 is 1.00 bits per heavy atom. The Morgan fingerprint density at radius 3 is 1.30 bits per heavy atom. The highest BCUT2D eigenvalue weighted by Crippen LogP contribution is 2.38. The Bertz CT molecular complexity index is 563. The molecule has 20 heavy (non-hydrogen) atoms. The molecule has 2 rings (SSSR count). The summed E-state index contributed by atoms with van der Waals surface area (Å²) in [6, 6.07) is 7.62. The lowest BCUT2D eigenvalue weighted by Gasteiger charge is -2.16. The summed E-state index contributed by atoms with van der Waals surface area (Å²) in [7, 11) is 0. The summed E-state index contributed by atoms with van der Waals surface area (Å²) < 4.78 is 80.3. The lowest BCUT2D eigenvalue weighted by atomic mass is 10.1. The lowest BCUT2D eigenvalue weighted by molar-refractivity contribution is -0.287. The molecule has 0 saturated carbocycles. The second-order valence-corrected chi connectivity index (χ2v) is 3.74. The average molecular weight is 296 g/mol. The Balaban J connectivity index is 2.52. The van der Waals surface area contributed by atoms with Crippen LogP contribution in [0.4, 0.5) is 26.3 Å². The molecule has 0 atom stereocenters. The predicted molar refractivity (Wildman–Crippen MR) is 57.3 cm³/mol.